The van der Waals surface area contributed by atoms with Gasteiger partial charge in [0.25, 0.3) is 0 Å². The molecule has 12 N–H and O–H groups in total. The molecule has 143 heavy (non-hydrogen) atoms. The molecule has 0 spiro atoms. The van der Waals surface area contributed by atoms with Crippen LogP contribution in [0.1, 0.15) is 206 Å². The molecule has 0 aliphatic heterocycles. The zero-order valence-corrected chi connectivity index (χ0v) is 92.2. The predicted molar refractivity (Wildman–Crippen MR) is 574 cm³/mol. The number of carbonyl (C=O) groups is 12. The number of likely N-dealkylation sites (N-methyl/N-ethyl adjacent to an activating group) is 6. The molecule has 1 rings (SSSR count). The number of aromatic nitrogens is 3. The molecule has 0 fully saturated rings. The molecule has 41 heteroatoms. The number of aryl methyl sites for hydroxylation is 1. The van der Waals surface area contributed by atoms with E-state index < -0.39 is 0 Å². The fourth-order valence-corrected chi connectivity index (χ4v) is 15.4. The lowest BCUT2D eigenvalue weighted by Gasteiger charge is -2.24. The molecule has 0 saturated carbocycles. The van der Waals surface area contributed by atoms with Crippen LogP contribution in [0.15, 0.2) is 18.3 Å². The molecule has 0 aliphatic carbocycles. The Labute approximate surface area is 862 Å². The first-order valence-corrected chi connectivity index (χ1v) is 54.0. The van der Waals surface area contributed by atoms with Gasteiger partial charge in [-0.05, 0) is 170 Å². The van der Waals surface area contributed by atoms with E-state index in [-0.39, 0.29) is 201 Å². The fourth-order valence-electron chi connectivity index (χ4n) is 15.4. The Bertz CT molecular complexity index is 3450. The van der Waals surface area contributed by atoms with Crippen LogP contribution in [0, 0.1) is 0 Å². The Hall–Kier alpha value is -8.04. The molecular formula is C102H203N29O12. The molecule has 828 valence electrons. The first-order chi connectivity index (χ1) is 68.6. The van der Waals surface area contributed by atoms with Gasteiger partial charge in [0.2, 0.25) is 70.9 Å². The summed E-state index contributed by atoms with van der Waals surface area (Å²) < 4.78 is 1.86. The Morgan fingerprint density at radius 2 is 0.427 bits per heavy atom. The van der Waals surface area contributed by atoms with Gasteiger partial charge in [-0.1, -0.05) is 89.0 Å². The summed E-state index contributed by atoms with van der Waals surface area (Å²) in [5, 5.41) is 45.3. The van der Waals surface area contributed by atoms with Crippen molar-refractivity contribution in [1.29, 1.82) is 0 Å². The van der Waals surface area contributed by atoms with Gasteiger partial charge < -0.3 is 128 Å². The number of hydrogen-bond acceptors (Lipinski definition) is 28. The predicted octanol–water partition coefficient (Wildman–Crippen LogP) is 1.13. The SMILES string of the molecule is CCCCCCCC/C=C\CCCCCCCCn1cc(CN(CCC(=O)NCCN(CCC(=O)NCCN(CCC)CCC(=O)NCCN(C)C)CCC(=O)NCCN(CCC(=O)NCCN(C)C)CCC(=O)NCCN(C)C)CCC(=O)NCCN(CCC(=O)NCCN(CCCCN(C)C)CCC(=O)NCCN(C)C)CCC(=O)NCCN(CCC(=O)NCCN(C)C)CCC(=O)NCCN(C)C)nn1. The second-order valence-electron chi connectivity index (χ2n) is 39.8. The lowest BCUT2D eigenvalue weighted by atomic mass is 10.1. The molecule has 0 saturated heterocycles. The van der Waals surface area contributed by atoms with Crippen LogP contribution in [0.25, 0.3) is 0 Å². The van der Waals surface area contributed by atoms with E-state index in [1.54, 1.807) is 0 Å². The Kier molecular flexibility index (Phi) is 82.9. The number of amides is 12. The number of nitrogens with one attached hydrogen (secondary N) is 12. The molecule has 0 unspecified atom stereocenters. The van der Waals surface area contributed by atoms with Gasteiger partial charge in [0, 0.05) is 332 Å². The molecule has 0 radical (unpaired) electrons. The first kappa shape index (κ1) is 133. The van der Waals surface area contributed by atoms with E-state index in [4.69, 9.17) is 0 Å². The standard InChI is InChI=1S/C102H203N29O12/c1-17-19-20-21-22-23-24-25-26-27-28-29-30-31-32-33-63-131-89-90(115-116-131)88-130(74-46-101(142)113-58-86-128(70-42-97(138)109-54-82-124(60-18-2)64-36-91(132)103-48-76-118(5)6)72-44-99(140)111-56-84-126(66-38-93(134)105-50-78-120(9)10)67-39-94(135)106-51-79-121(11)12)75-47-102(143)114-59-87-129(71-43-98(139)110-55-83-125(62-35-34-61-117(3)4)65-37-92(133)104-49-77-119(7)8)73-45-100(141)112-57-85-127(68-40-95(136)107-52-80-122(13)14)69-41-96(137)108-53-81-123(15)16/h25-26,89H,17-24,27-88H2,1-16H3,(H,103,132)(H,104,133)(H,105,134)(H,106,135)(H,107,136)(H,108,137)(H,109,138)(H,110,139)(H,111,140)(H,112,141)(H,113,142)(H,114,143)/b26-25-. The normalized spacial score (nSPS) is 11.8. The average molecular weight is 2030 g/mol. The van der Waals surface area contributed by atoms with Crippen LogP contribution in [0.5, 0.6) is 0 Å². The summed E-state index contributed by atoms with van der Waals surface area (Å²) >= 11 is 0. The molecule has 0 aromatic carbocycles. The van der Waals surface area contributed by atoms with Gasteiger partial charge in [-0.2, -0.15) is 0 Å². The average Bonchev–Trinajstić information content (AvgIpc) is 1.76. The van der Waals surface area contributed by atoms with Gasteiger partial charge in [0.15, 0.2) is 0 Å². The van der Waals surface area contributed by atoms with Gasteiger partial charge in [-0.25, -0.2) is 0 Å². The van der Waals surface area contributed by atoms with Crippen LogP contribution in [-0.4, -0.2) is 508 Å². The van der Waals surface area contributed by atoms with Crippen LogP contribution in [0.3, 0.4) is 0 Å². The highest BCUT2D eigenvalue weighted by atomic mass is 16.2. The summed E-state index contributed by atoms with van der Waals surface area (Å²) in [4.78, 5) is 189. The van der Waals surface area contributed by atoms with Crippen LogP contribution < -0.4 is 63.8 Å². The molecule has 0 aliphatic rings. The Morgan fingerprint density at radius 3 is 0.664 bits per heavy atom. The van der Waals surface area contributed by atoms with Crippen molar-refractivity contribution in [3.63, 3.8) is 0 Å². The van der Waals surface area contributed by atoms with Crippen molar-refractivity contribution in [1.82, 2.24) is 147 Å². The number of rotatable bonds is 97. The number of allylic oxidation sites excluding steroid dienone is 2. The van der Waals surface area contributed by atoms with E-state index in [2.05, 4.69) is 115 Å². The molecular weight excluding hydrogens is 1820 g/mol. The summed E-state index contributed by atoms with van der Waals surface area (Å²) in [6.45, 7) is 23.6. The van der Waals surface area contributed by atoms with Crippen molar-refractivity contribution in [3.8, 4) is 0 Å². The zero-order valence-electron chi connectivity index (χ0n) is 92.2. The monoisotopic (exact) mass is 2030 g/mol. The van der Waals surface area contributed by atoms with E-state index in [0.717, 1.165) is 77.7 Å². The highest BCUT2D eigenvalue weighted by molar-refractivity contribution is 5.80. The molecule has 0 bridgehead atoms. The summed E-state index contributed by atoms with van der Waals surface area (Å²) in [5.41, 5.74) is 0.688. The quantitative estimate of drug-likeness (QED) is 0.0321. The van der Waals surface area contributed by atoms with Crippen molar-refractivity contribution in [2.24, 2.45) is 0 Å². The zero-order chi connectivity index (χ0) is 106. The van der Waals surface area contributed by atoms with Gasteiger partial charge in [0.1, 0.15) is 0 Å². The fraction of sp³-hybridized carbons (Fsp3) is 0.843. The number of unbranched alkanes of at least 4 members (excludes halogenated alkanes) is 13. The molecule has 1 heterocycles. The van der Waals surface area contributed by atoms with E-state index in [0.29, 0.717) is 189 Å². The molecule has 1 aromatic heterocycles. The van der Waals surface area contributed by atoms with E-state index in [1.807, 2.05) is 163 Å². The highest BCUT2D eigenvalue weighted by Crippen LogP contribution is 2.13. The van der Waals surface area contributed by atoms with E-state index in [1.165, 1.54) is 64.2 Å². The maximum Gasteiger partial charge on any atom is 0.221 e. The number of nitrogens with zero attached hydrogens (tertiary/aromatic N) is 17. The van der Waals surface area contributed by atoms with Crippen molar-refractivity contribution in [2.45, 2.75) is 213 Å². The minimum absolute atomic E-state index is 0.0208. The number of hydrogen-bond donors (Lipinski definition) is 12. The van der Waals surface area contributed by atoms with Crippen molar-refractivity contribution >= 4 is 70.9 Å². The first-order valence-electron chi connectivity index (χ1n) is 54.0. The van der Waals surface area contributed by atoms with Crippen LogP contribution in [0.4, 0.5) is 0 Å². The van der Waals surface area contributed by atoms with Crippen LogP contribution in [-0.2, 0) is 70.6 Å². The minimum Gasteiger partial charge on any atom is -0.355 e. The second kappa shape index (κ2) is 89.2. The molecule has 0 atom stereocenters. The Balaban J connectivity index is 3.60. The third kappa shape index (κ3) is 85.7. The topological polar surface area (TPSA) is 425 Å². The lowest BCUT2D eigenvalue weighted by Crippen LogP contribution is -2.42. The van der Waals surface area contributed by atoms with Gasteiger partial charge in [-0.3, -0.25) is 67.1 Å². The van der Waals surface area contributed by atoms with Crippen molar-refractivity contribution in [2.75, 3.05) is 354 Å². The third-order valence-electron chi connectivity index (χ3n) is 24.4. The van der Waals surface area contributed by atoms with E-state index in [9.17, 15) is 57.5 Å². The Morgan fingerprint density at radius 1 is 0.224 bits per heavy atom. The third-order valence-corrected chi connectivity index (χ3v) is 24.4. The van der Waals surface area contributed by atoms with Gasteiger partial charge >= 0.3 is 0 Å². The molecule has 1 aromatic rings. The van der Waals surface area contributed by atoms with Gasteiger partial charge in [0.05, 0.1) is 5.69 Å². The maximum atomic E-state index is 14.2. The minimum atomic E-state index is -0.243. The van der Waals surface area contributed by atoms with Crippen LogP contribution >= 0.6 is 0 Å². The highest BCUT2D eigenvalue weighted by Gasteiger charge is 2.22. The van der Waals surface area contributed by atoms with Gasteiger partial charge in [-0.15, -0.1) is 5.10 Å². The summed E-state index contributed by atoms with van der Waals surface area (Å²) in [6.07, 6.45) is 28.4. The smallest absolute Gasteiger partial charge is 0.221 e. The second-order valence-corrected chi connectivity index (χ2v) is 39.8. The number of carbonyl (C=O) groups excluding carboxylic acids is 12. The molecule has 12 amide bonds. The largest absolute Gasteiger partial charge is 0.355 e. The lowest BCUT2D eigenvalue weighted by molar-refractivity contribution is -0.123. The summed E-state index contributed by atoms with van der Waals surface area (Å²) in [7, 11) is 27.4. The summed E-state index contributed by atoms with van der Waals surface area (Å²) in [6, 6.07) is 0. The molecule has 41 nitrogen and oxygen atoms in total. The summed E-state index contributed by atoms with van der Waals surface area (Å²) in [5.74, 6) is -1.75. The maximum absolute atomic E-state index is 14.2. The van der Waals surface area contributed by atoms with E-state index >= 15 is 0 Å². The van der Waals surface area contributed by atoms with Crippen molar-refractivity contribution in [3.05, 3.63) is 24.0 Å². The van der Waals surface area contributed by atoms with Crippen LogP contribution in [0.2, 0.25) is 0 Å². The van der Waals surface area contributed by atoms with Crippen molar-refractivity contribution < 1.29 is 57.5 Å².